The first-order valence-electron chi connectivity index (χ1n) is 4.19. The number of hydrogen-bond donors (Lipinski definition) is 1. The van der Waals surface area contributed by atoms with Gasteiger partial charge in [-0.1, -0.05) is 15.9 Å². The molecule has 0 bridgehead atoms. The molecule has 1 N–H and O–H groups in total. The Labute approximate surface area is 98.2 Å². The summed E-state index contributed by atoms with van der Waals surface area (Å²) in [6.07, 6.45) is -0.366. The van der Waals surface area contributed by atoms with E-state index in [0.717, 1.165) is 6.07 Å². The molecule has 0 aliphatic heterocycles. The first-order valence-corrected chi connectivity index (χ1v) is 5.31. The van der Waals surface area contributed by atoms with Crippen molar-refractivity contribution in [3.05, 3.63) is 39.2 Å². The Bertz CT molecular complexity index is 449. The van der Waals surface area contributed by atoms with E-state index in [0.29, 0.717) is 0 Å². The lowest BCUT2D eigenvalue weighted by Crippen LogP contribution is -2.04. The number of carbonyl (C=O) groups is 1. The van der Waals surface area contributed by atoms with Crippen molar-refractivity contribution in [2.24, 2.45) is 0 Å². The number of carboxylic acids is 1. The van der Waals surface area contributed by atoms with Crippen LogP contribution in [0.4, 0.5) is 10.1 Å². The van der Waals surface area contributed by atoms with E-state index in [2.05, 4.69) is 15.9 Å². The topological polar surface area (TPSA) is 80.4 Å². The van der Waals surface area contributed by atoms with Crippen LogP contribution in [0.5, 0.6) is 0 Å². The monoisotopic (exact) mass is 291 g/mol. The highest BCUT2D eigenvalue weighted by Crippen LogP contribution is 2.26. The van der Waals surface area contributed by atoms with Gasteiger partial charge >= 0.3 is 11.7 Å². The van der Waals surface area contributed by atoms with Crippen molar-refractivity contribution in [3.63, 3.8) is 0 Å². The average molecular weight is 292 g/mol. The SMILES string of the molecule is O=C(O)Cc1cc(F)c([N+](=O)[O-])c(CBr)c1. The molecule has 0 radical (unpaired) electrons. The highest BCUT2D eigenvalue weighted by Gasteiger charge is 2.21. The number of nitro groups is 1. The van der Waals surface area contributed by atoms with E-state index in [9.17, 15) is 19.3 Å². The van der Waals surface area contributed by atoms with Crippen molar-refractivity contribution >= 4 is 27.6 Å². The smallest absolute Gasteiger partial charge is 0.308 e. The summed E-state index contributed by atoms with van der Waals surface area (Å²) in [5.74, 6) is -2.13. The summed E-state index contributed by atoms with van der Waals surface area (Å²) in [4.78, 5) is 20.2. The molecule has 7 heteroatoms. The third kappa shape index (κ3) is 2.75. The van der Waals surface area contributed by atoms with Crippen molar-refractivity contribution < 1.29 is 19.2 Å². The standard InChI is InChI=1S/C9H7BrFNO4/c10-4-6-1-5(3-8(13)14)2-7(11)9(6)12(15)16/h1-2H,3-4H2,(H,13,14). The van der Waals surface area contributed by atoms with Gasteiger partial charge in [0.1, 0.15) is 0 Å². The summed E-state index contributed by atoms with van der Waals surface area (Å²) in [6, 6.07) is 2.18. The zero-order valence-electron chi connectivity index (χ0n) is 7.94. The average Bonchev–Trinajstić information content (AvgIpc) is 2.14. The largest absolute Gasteiger partial charge is 0.481 e. The normalized spacial score (nSPS) is 10.1. The Morgan fingerprint density at radius 2 is 2.19 bits per heavy atom. The van der Waals surface area contributed by atoms with Gasteiger partial charge < -0.3 is 5.11 Å². The van der Waals surface area contributed by atoms with E-state index in [4.69, 9.17) is 5.11 Å². The summed E-state index contributed by atoms with van der Waals surface area (Å²) >= 11 is 2.99. The van der Waals surface area contributed by atoms with Gasteiger partial charge in [-0.25, -0.2) is 0 Å². The van der Waals surface area contributed by atoms with Crippen LogP contribution in [0.25, 0.3) is 0 Å². The molecule has 0 fully saturated rings. The van der Waals surface area contributed by atoms with Crippen LogP contribution in [-0.2, 0) is 16.5 Å². The van der Waals surface area contributed by atoms with Crippen LogP contribution in [-0.4, -0.2) is 16.0 Å². The molecule has 16 heavy (non-hydrogen) atoms. The first-order chi connectivity index (χ1) is 7.45. The molecule has 0 saturated carbocycles. The molecule has 0 atom stereocenters. The Hall–Kier alpha value is -1.50. The number of benzene rings is 1. The van der Waals surface area contributed by atoms with Gasteiger partial charge in [0.25, 0.3) is 0 Å². The predicted molar refractivity (Wildman–Crippen MR) is 57.0 cm³/mol. The number of hydrogen-bond acceptors (Lipinski definition) is 3. The minimum absolute atomic E-state index is 0.0910. The number of nitrogens with zero attached hydrogens (tertiary/aromatic N) is 1. The second kappa shape index (κ2) is 5.02. The summed E-state index contributed by atoms with van der Waals surface area (Å²) in [5, 5.41) is 19.2. The van der Waals surface area contributed by atoms with Crippen LogP contribution in [0.1, 0.15) is 11.1 Å². The molecular formula is C9H7BrFNO4. The lowest BCUT2D eigenvalue weighted by molar-refractivity contribution is -0.388. The van der Waals surface area contributed by atoms with Crippen LogP contribution in [0.15, 0.2) is 12.1 Å². The molecule has 1 aromatic rings. The fraction of sp³-hybridized carbons (Fsp3) is 0.222. The number of alkyl halides is 1. The zero-order valence-corrected chi connectivity index (χ0v) is 9.53. The van der Waals surface area contributed by atoms with Crippen molar-refractivity contribution in [2.45, 2.75) is 11.8 Å². The molecule has 0 saturated heterocycles. The van der Waals surface area contributed by atoms with Gasteiger partial charge in [-0.05, 0) is 17.7 Å². The Kier molecular flexibility index (Phi) is 3.94. The van der Waals surface area contributed by atoms with Crippen LogP contribution in [0.2, 0.25) is 0 Å². The van der Waals surface area contributed by atoms with Gasteiger partial charge in [0.05, 0.1) is 11.3 Å². The van der Waals surface area contributed by atoms with Gasteiger partial charge in [0.2, 0.25) is 5.82 Å². The van der Waals surface area contributed by atoms with E-state index in [-0.39, 0.29) is 22.9 Å². The molecular weight excluding hydrogens is 285 g/mol. The molecule has 0 heterocycles. The quantitative estimate of drug-likeness (QED) is 0.524. The minimum atomic E-state index is -1.12. The molecule has 1 rings (SSSR count). The van der Waals surface area contributed by atoms with Crippen molar-refractivity contribution in [2.75, 3.05) is 0 Å². The second-order valence-corrected chi connectivity index (χ2v) is 3.61. The van der Waals surface area contributed by atoms with Gasteiger partial charge in [0.15, 0.2) is 0 Å². The number of carboxylic acid groups (broad SMARTS) is 1. The maximum atomic E-state index is 13.3. The zero-order chi connectivity index (χ0) is 12.3. The highest BCUT2D eigenvalue weighted by molar-refractivity contribution is 9.08. The van der Waals surface area contributed by atoms with E-state index < -0.39 is 22.4 Å². The number of rotatable bonds is 4. The summed E-state index contributed by atoms with van der Waals surface area (Å²) < 4.78 is 13.3. The first kappa shape index (κ1) is 12.6. The van der Waals surface area contributed by atoms with Crippen LogP contribution in [0, 0.1) is 15.9 Å². The van der Waals surface area contributed by atoms with Crippen molar-refractivity contribution in [1.82, 2.24) is 0 Å². The maximum Gasteiger partial charge on any atom is 0.308 e. The van der Waals surface area contributed by atoms with Gasteiger partial charge in [0, 0.05) is 10.9 Å². The highest BCUT2D eigenvalue weighted by atomic mass is 79.9. The third-order valence-corrected chi connectivity index (χ3v) is 2.49. The Balaban J connectivity index is 3.26. The molecule has 0 spiro atoms. The molecule has 5 nitrogen and oxygen atoms in total. The predicted octanol–water partition coefficient (Wildman–Crippen LogP) is 2.26. The number of aliphatic carboxylic acids is 1. The van der Waals surface area contributed by atoms with E-state index in [1.807, 2.05) is 0 Å². The van der Waals surface area contributed by atoms with E-state index in [1.165, 1.54) is 6.07 Å². The lowest BCUT2D eigenvalue weighted by atomic mass is 10.1. The molecule has 86 valence electrons. The maximum absolute atomic E-state index is 13.3. The van der Waals surface area contributed by atoms with Crippen LogP contribution >= 0.6 is 15.9 Å². The van der Waals surface area contributed by atoms with E-state index >= 15 is 0 Å². The summed E-state index contributed by atoms with van der Waals surface area (Å²) in [5.41, 5.74) is -0.294. The molecule has 0 aliphatic carbocycles. The van der Waals surface area contributed by atoms with Crippen LogP contribution < -0.4 is 0 Å². The minimum Gasteiger partial charge on any atom is -0.481 e. The second-order valence-electron chi connectivity index (χ2n) is 3.05. The van der Waals surface area contributed by atoms with Gasteiger partial charge in [-0.15, -0.1) is 0 Å². The van der Waals surface area contributed by atoms with Crippen molar-refractivity contribution in [1.29, 1.82) is 0 Å². The fourth-order valence-electron chi connectivity index (χ4n) is 1.30. The van der Waals surface area contributed by atoms with Gasteiger partial charge in [-0.2, -0.15) is 4.39 Å². The molecule has 0 amide bonds. The molecule has 0 aliphatic rings. The number of nitro benzene ring substituents is 1. The Morgan fingerprint density at radius 3 is 2.62 bits per heavy atom. The molecule has 0 aromatic heterocycles. The van der Waals surface area contributed by atoms with Gasteiger partial charge in [-0.3, -0.25) is 14.9 Å². The van der Waals surface area contributed by atoms with Crippen LogP contribution in [0.3, 0.4) is 0 Å². The Morgan fingerprint density at radius 1 is 1.56 bits per heavy atom. The fourth-order valence-corrected chi connectivity index (χ4v) is 1.73. The lowest BCUT2D eigenvalue weighted by Gasteiger charge is -2.03. The molecule has 1 aromatic carbocycles. The molecule has 0 unspecified atom stereocenters. The third-order valence-electron chi connectivity index (χ3n) is 1.88. The van der Waals surface area contributed by atoms with Crippen molar-refractivity contribution in [3.8, 4) is 0 Å². The van der Waals surface area contributed by atoms with E-state index in [1.54, 1.807) is 0 Å². The summed E-state index contributed by atoms with van der Waals surface area (Å²) in [7, 11) is 0. The summed E-state index contributed by atoms with van der Waals surface area (Å²) in [6.45, 7) is 0. The number of halogens is 2.